The molecule has 0 aromatic rings. The van der Waals surface area contributed by atoms with Gasteiger partial charge in [-0.3, -0.25) is 9.69 Å². The number of aliphatic carboxylic acids is 1. The molecule has 1 N–H and O–H groups in total. The summed E-state index contributed by atoms with van der Waals surface area (Å²) in [5, 5.41) is 9.06. The van der Waals surface area contributed by atoms with E-state index in [-0.39, 0.29) is 6.04 Å². The maximum Gasteiger partial charge on any atom is 0.304 e. The van der Waals surface area contributed by atoms with E-state index in [1.54, 1.807) is 0 Å². The molecule has 2 rings (SSSR count). The summed E-state index contributed by atoms with van der Waals surface area (Å²) in [6, 6.07) is 1.53. The van der Waals surface area contributed by atoms with E-state index >= 15 is 0 Å². The number of carbonyl (C=O) groups is 1. The van der Waals surface area contributed by atoms with Gasteiger partial charge in [0.05, 0.1) is 6.42 Å². The van der Waals surface area contributed by atoms with Crippen LogP contribution in [0.2, 0.25) is 0 Å². The molecule has 2 heterocycles. The number of hydrogen-bond donors (Lipinski definition) is 1. The van der Waals surface area contributed by atoms with Crippen molar-refractivity contribution in [1.29, 1.82) is 0 Å². The van der Waals surface area contributed by atoms with Crippen molar-refractivity contribution < 1.29 is 9.90 Å². The van der Waals surface area contributed by atoms with Crippen LogP contribution >= 0.6 is 0 Å². The van der Waals surface area contributed by atoms with Gasteiger partial charge in [-0.05, 0) is 59.2 Å². The van der Waals surface area contributed by atoms with E-state index in [4.69, 9.17) is 5.11 Å². The Labute approximate surface area is 116 Å². The molecule has 0 spiro atoms. The first-order chi connectivity index (χ1) is 9.08. The van der Waals surface area contributed by atoms with Gasteiger partial charge in [0.15, 0.2) is 0 Å². The summed E-state index contributed by atoms with van der Waals surface area (Å²) in [6.45, 7) is 7.95. The molecule has 0 aromatic heterocycles. The minimum absolute atomic E-state index is 0.279. The number of hydrogen-bond acceptors (Lipinski definition) is 3. The van der Waals surface area contributed by atoms with Gasteiger partial charge in [0, 0.05) is 18.1 Å². The highest BCUT2D eigenvalue weighted by Gasteiger charge is 2.32. The highest BCUT2D eigenvalue weighted by molar-refractivity contribution is 5.67. The summed E-state index contributed by atoms with van der Waals surface area (Å²) in [7, 11) is 0. The molecule has 1 atom stereocenters. The molecule has 0 aliphatic carbocycles. The number of likely N-dealkylation sites (tertiary alicyclic amines) is 2. The van der Waals surface area contributed by atoms with Crippen molar-refractivity contribution in [3.8, 4) is 0 Å². The summed E-state index contributed by atoms with van der Waals surface area (Å²) in [5.41, 5.74) is 0. The van der Waals surface area contributed by atoms with Crippen LogP contribution < -0.4 is 0 Å². The fraction of sp³-hybridized carbons (Fsp3) is 0.933. The molecule has 19 heavy (non-hydrogen) atoms. The van der Waals surface area contributed by atoms with Gasteiger partial charge in [0.2, 0.25) is 0 Å². The smallest absolute Gasteiger partial charge is 0.304 e. The lowest BCUT2D eigenvalue weighted by molar-refractivity contribution is -0.139. The average Bonchev–Trinajstić information content (AvgIpc) is 2.39. The van der Waals surface area contributed by atoms with Gasteiger partial charge in [-0.2, -0.15) is 0 Å². The monoisotopic (exact) mass is 268 g/mol. The fourth-order valence-electron chi connectivity index (χ4n) is 3.66. The van der Waals surface area contributed by atoms with Crippen molar-refractivity contribution in [2.75, 3.05) is 19.6 Å². The van der Waals surface area contributed by atoms with E-state index in [1.807, 2.05) is 0 Å². The Morgan fingerprint density at radius 1 is 1.16 bits per heavy atom. The second kappa shape index (κ2) is 6.71. The first kappa shape index (κ1) is 14.8. The van der Waals surface area contributed by atoms with Crippen LogP contribution in [0.15, 0.2) is 0 Å². The Bertz CT molecular complexity index is 299. The maximum atomic E-state index is 11.0. The van der Waals surface area contributed by atoms with Crippen LogP contribution in [-0.2, 0) is 4.79 Å². The quantitative estimate of drug-likeness (QED) is 0.849. The van der Waals surface area contributed by atoms with E-state index < -0.39 is 5.97 Å². The molecule has 1 unspecified atom stereocenters. The van der Waals surface area contributed by atoms with E-state index in [0.29, 0.717) is 18.5 Å². The van der Waals surface area contributed by atoms with Gasteiger partial charge in [0.25, 0.3) is 0 Å². The molecule has 2 saturated heterocycles. The van der Waals surface area contributed by atoms with Gasteiger partial charge in [-0.15, -0.1) is 0 Å². The van der Waals surface area contributed by atoms with Crippen LogP contribution in [0.25, 0.3) is 0 Å². The molecule has 2 aliphatic heterocycles. The van der Waals surface area contributed by atoms with Crippen LogP contribution in [0.3, 0.4) is 0 Å². The molecule has 4 nitrogen and oxygen atoms in total. The highest BCUT2D eigenvalue weighted by Crippen LogP contribution is 2.27. The minimum Gasteiger partial charge on any atom is -0.481 e. The predicted octanol–water partition coefficient (Wildman–Crippen LogP) is 2.19. The molecule has 0 bridgehead atoms. The minimum atomic E-state index is -0.642. The van der Waals surface area contributed by atoms with E-state index in [0.717, 1.165) is 13.0 Å². The maximum absolute atomic E-state index is 11.0. The lowest BCUT2D eigenvalue weighted by Gasteiger charge is -2.45. The Balaban J connectivity index is 1.90. The van der Waals surface area contributed by atoms with Gasteiger partial charge in [-0.25, -0.2) is 0 Å². The molecular formula is C15H28N2O2. The third-order valence-electron chi connectivity index (χ3n) is 4.78. The Morgan fingerprint density at radius 2 is 1.84 bits per heavy atom. The van der Waals surface area contributed by atoms with Crippen molar-refractivity contribution in [3.05, 3.63) is 0 Å². The van der Waals surface area contributed by atoms with Crippen molar-refractivity contribution in [1.82, 2.24) is 9.80 Å². The Morgan fingerprint density at radius 3 is 2.42 bits per heavy atom. The molecule has 0 amide bonds. The summed E-state index contributed by atoms with van der Waals surface area (Å²) in [4.78, 5) is 16.0. The van der Waals surface area contributed by atoms with Crippen LogP contribution in [0.5, 0.6) is 0 Å². The van der Waals surface area contributed by atoms with Gasteiger partial charge in [0.1, 0.15) is 0 Å². The standard InChI is InChI=1S/C15H28N2O2/c1-12(2)16-9-6-13(7-10-16)17-8-4-3-5-14(17)11-15(18)19/h12-14H,3-11H2,1-2H3,(H,18,19). The number of nitrogens with zero attached hydrogens (tertiary/aromatic N) is 2. The average molecular weight is 268 g/mol. The molecule has 2 fully saturated rings. The third kappa shape index (κ3) is 3.93. The second-order valence-corrected chi connectivity index (χ2v) is 6.35. The first-order valence-corrected chi connectivity index (χ1v) is 7.79. The molecule has 0 saturated carbocycles. The van der Waals surface area contributed by atoms with Gasteiger partial charge in [-0.1, -0.05) is 6.42 Å². The largest absolute Gasteiger partial charge is 0.481 e. The number of carboxylic acids is 1. The fourth-order valence-corrected chi connectivity index (χ4v) is 3.66. The van der Waals surface area contributed by atoms with Crippen molar-refractivity contribution >= 4 is 5.97 Å². The van der Waals surface area contributed by atoms with Gasteiger partial charge < -0.3 is 10.0 Å². The zero-order valence-electron chi connectivity index (χ0n) is 12.3. The molecule has 110 valence electrons. The Hall–Kier alpha value is -0.610. The van der Waals surface area contributed by atoms with Crippen LogP contribution in [0.1, 0.15) is 52.4 Å². The van der Waals surface area contributed by atoms with Crippen LogP contribution in [0.4, 0.5) is 0 Å². The molecular weight excluding hydrogens is 240 g/mol. The molecule has 0 radical (unpaired) electrons. The Kier molecular flexibility index (Phi) is 5.22. The summed E-state index contributed by atoms with van der Waals surface area (Å²) < 4.78 is 0. The lowest BCUT2D eigenvalue weighted by atomic mass is 9.93. The predicted molar refractivity (Wildman–Crippen MR) is 76.3 cm³/mol. The number of rotatable bonds is 4. The summed E-state index contributed by atoms with van der Waals surface area (Å²) in [6.07, 6.45) is 6.23. The first-order valence-electron chi connectivity index (χ1n) is 7.79. The zero-order valence-corrected chi connectivity index (χ0v) is 12.3. The van der Waals surface area contributed by atoms with E-state index in [1.165, 1.54) is 38.8 Å². The van der Waals surface area contributed by atoms with Crippen LogP contribution in [0, 0.1) is 0 Å². The normalized spacial score (nSPS) is 27.8. The third-order valence-corrected chi connectivity index (χ3v) is 4.78. The van der Waals surface area contributed by atoms with Crippen molar-refractivity contribution in [2.24, 2.45) is 0 Å². The molecule has 4 heteroatoms. The summed E-state index contributed by atoms with van der Waals surface area (Å²) in [5.74, 6) is -0.642. The van der Waals surface area contributed by atoms with Crippen molar-refractivity contribution in [3.63, 3.8) is 0 Å². The lowest BCUT2D eigenvalue weighted by Crippen LogP contribution is -2.52. The van der Waals surface area contributed by atoms with Crippen molar-refractivity contribution in [2.45, 2.75) is 70.5 Å². The zero-order chi connectivity index (χ0) is 13.8. The highest BCUT2D eigenvalue weighted by atomic mass is 16.4. The topological polar surface area (TPSA) is 43.8 Å². The number of carboxylic acid groups (broad SMARTS) is 1. The van der Waals surface area contributed by atoms with E-state index in [2.05, 4.69) is 23.6 Å². The van der Waals surface area contributed by atoms with E-state index in [9.17, 15) is 4.79 Å². The van der Waals surface area contributed by atoms with Gasteiger partial charge >= 0.3 is 5.97 Å². The number of piperidine rings is 2. The SMILES string of the molecule is CC(C)N1CCC(N2CCCCC2CC(=O)O)CC1. The molecule has 0 aromatic carbocycles. The molecule has 2 aliphatic rings. The van der Waals surface area contributed by atoms with Crippen LogP contribution in [-0.4, -0.2) is 58.6 Å². The summed E-state index contributed by atoms with van der Waals surface area (Å²) >= 11 is 0. The second-order valence-electron chi connectivity index (χ2n) is 6.35.